The van der Waals surface area contributed by atoms with E-state index in [1.54, 1.807) is 18.7 Å². The fourth-order valence-corrected chi connectivity index (χ4v) is 0.215. The van der Waals surface area contributed by atoms with Gasteiger partial charge in [0, 0.05) is 12.4 Å². The van der Waals surface area contributed by atoms with Crippen molar-refractivity contribution in [3.8, 4) is 0 Å². The molecule has 74 valence electrons. The third-order valence-corrected chi connectivity index (χ3v) is 0.406. The summed E-state index contributed by atoms with van der Waals surface area (Å²) in [6.45, 7) is 0. The van der Waals surface area contributed by atoms with Gasteiger partial charge in [-0.2, -0.15) is 0 Å². The number of imidazole rings is 1. The molecule has 1 aromatic heterocycles. The molecule has 0 radical (unpaired) electrons. The fraction of sp³-hybridized carbons (Fsp3) is 0. The highest BCUT2D eigenvalue weighted by Crippen LogP contribution is 1.62. The Morgan fingerprint density at radius 1 is 1.42 bits per heavy atom. The number of aromatic nitrogens is 2. The Morgan fingerprint density at radius 2 is 1.83 bits per heavy atom. The minimum absolute atomic E-state index is 0. The molecule has 9 N–H and O–H groups in total. The zero-order valence-electron chi connectivity index (χ0n) is 6.72. The standard InChI is InChI=1S/C3H4N2.2H3N.H2O3S2/c1-2-5-3-4-1;;;1-5(2,3)4/h1-3H,(H,4,5);2*1H3;(H2,1,2,3,4). The first-order chi connectivity index (χ1) is 4.50. The van der Waals surface area contributed by atoms with Crippen molar-refractivity contribution in [2.75, 3.05) is 0 Å². The fourth-order valence-electron chi connectivity index (χ4n) is 0.215. The molecule has 0 amide bonds. The summed E-state index contributed by atoms with van der Waals surface area (Å²) in [6.07, 6.45) is 5.08. The van der Waals surface area contributed by atoms with Crippen LogP contribution in [-0.2, 0) is 20.2 Å². The molecule has 0 fully saturated rings. The van der Waals surface area contributed by atoms with Crippen LogP contribution in [0.2, 0.25) is 0 Å². The summed E-state index contributed by atoms with van der Waals surface area (Å²) in [6, 6.07) is 0. The topological polar surface area (TPSA) is 165 Å². The number of quaternary nitrogens is 2. The van der Waals surface area contributed by atoms with E-state index in [0.717, 1.165) is 0 Å². The molecule has 1 rings (SSSR count). The zero-order chi connectivity index (χ0) is 8.04. The highest BCUT2D eigenvalue weighted by Gasteiger charge is 1.56. The predicted octanol–water partition coefficient (Wildman–Crippen LogP) is 0.156. The van der Waals surface area contributed by atoms with Gasteiger partial charge in [0.15, 0.2) is 0 Å². The van der Waals surface area contributed by atoms with Crippen LogP contribution >= 0.6 is 0 Å². The van der Waals surface area contributed by atoms with Crippen molar-refractivity contribution in [1.82, 2.24) is 22.3 Å². The van der Waals surface area contributed by atoms with E-state index in [-0.39, 0.29) is 12.3 Å². The van der Waals surface area contributed by atoms with Crippen LogP contribution in [0.3, 0.4) is 0 Å². The smallest absolute Gasteiger partial charge is 0.0919 e. The first kappa shape index (κ1) is 17.5. The molecule has 7 nitrogen and oxygen atoms in total. The summed E-state index contributed by atoms with van der Waals surface area (Å²) in [7, 11) is -4.33. The average Bonchev–Trinajstić information content (AvgIpc) is 2.07. The Labute approximate surface area is 75.1 Å². The highest BCUT2D eigenvalue weighted by molar-refractivity contribution is 8.26. The van der Waals surface area contributed by atoms with Crippen LogP contribution < -0.4 is 12.3 Å². The van der Waals surface area contributed by atoms with Crippen molar-refractivity contribution in [2.24, 2.45) is 0 Å². The van der Waals surface area contributed by atoms with E-state index in [1.807, 2.05) is 0 Å². The Kier molecular flexibility index (Phi) is 12.4. The minimum Gasteiger partial charge on any atom is -0.780 e. The molecule has 0 aliphatic rings. The second kappa shape index (κ2) is 8.52. The molecule has 0 atom stereocenters. The lowest BCUT2D eigenvalue weighted by Gasteiger charge is -2.12. The van der Waals surface area contributed by atoms with E-state index in [9.17, 15) is 0 Å². The van der Waals surface area contributed by atoms with Crippen LogP contribution in [-0.4, -0.2) is 23.3 Å². The van der Waals surface area contributed by atoms with E-state index in [0.29, 0.717) is 0 Å². The lowest BCUT2D eigenvalue weighted by Crippen LogP contribution is -1.88. The van der Waals surface area contributed by atoms with Crippen molar-refractivity contribution in [3.63, 3.8) is 0 Å². The van der Waals surface area contributed by atoms with Gasteiger partial charge < -0.3 is 26.4 Å². The summed E-state index contributed by atoms with van der Waals surface area (Å²) >= 11 is 3.24. The molecular weight excluding hydrogens is 204 g/mol. The Balaban J connectivity index is -0.000000116. The van der Waals surface area contributed by atoms with Crippen molar-refractivity contribution < 1.29 is 13.3 Å². The van der Waals surface area contributed by atoms with Crippen LogP contribution in [0.25, 0.3) is 0 Å². The van der Waals surface area contributed by atoms with E-state index < -0.39 is 9.05 Å². The van der Waals surface area contributed by atoms with E-state index in [1.165, 1.54) is 0 Å². The van der Waals surface area contributed by atoms with Gasteiger partial charge in [-0.15, -0.1) is 9.05 Å². The maximum Gasteiger partial charge on any atom is 0.0919 e. The largest absolute Gasteiger partial charge is 0.780 e. The van der Waals surface area contributed by atoms with Crippen molar-refractivity contribution in [2.45, 2.75) is 0 Å². The zero-order valence-corrected chi connectivity index (χ0v) is 8.35. The van der Waals surface area contributed by atoms with Gasteiger partial charge in [-0.25, -0.2) is 4.98 Å². The Morgan fingerprint density at radius 3 is 1.92 bits per heavy atom. The molecule has 0 aliphatic carbocycles. The van der Waals surface area contributed by atoms with E-state index in [4.69, 9.17) is 13.3 Å². The van der Waals surface area contributed by atoms with Gasteiger partial charge in [0.05, 0.1) is 6.33 Å². The molecule has 0 aromatic carbocycles. The molecule has 0 unspecified atom stereocenters. The SMILES string of the molecule is O=S([O-])([O-])=S.[NH4+].[NH4+].c1c[nH]cn1. The Hall–Kier alpha value is -0.580. The molecule has 0 spiro atoms. The second-order valence-electron chi connectivity index (χ2n) is 1.17. The Bertz CT molecular complexity index is 219. The van der Waals surface area contributed by atoms with Crippen LogP contribution in [0.5, 0.6) is 0 Å². The third kappa shape index (κ3) is 34.2. The van der Waals surface area contributed by atoms with Crippen LogP contribution in [0.1, 0.15) is 0 Å². The number of hydrogen-bond donors (Lipinski definition) is 3. The molecule has 0 saturated heterocycles. The molecule has 0 bridgehead atoms. The summed E-state index contributed by atoms with van der Waals surface area (Å²) in [5, 5.41) is 0. The normalized spacial score (nSPS) is 8.17. The van der Waals surface area contributed by atoms with Gasteiger partial charge in [0.2, 0.25) is 0 Å². The third-order valence-electron chi connectivity index (χ3n) is 0.406. The number of aromatic amines is 1. The van der Waals surface area contributed by atoms with Crippen LogP contribution in [0.4, 0.5) is 0 Å². The highest BCUT2D eigenvalue weighted by atomic mass is 32.9. The van der Waals surface area contributed by atoms with Gasteiger partial charge in [-0.05, 0) is 11.2 Å². The summed E-state index contributed by atoms with van der Waals surface area (Å²) in [5.74, 6) is 0. The van der Waals surface area contributed by atoms with Gasteiger partial charge in [-0.1, -0.05) is 0 Å². The summed E-state index contributed by atoms with van der Waals surface area (Å²) in [4.78, 5) is 6.42. The monoisotopic (exact) mass is 216 g/mol. The van der Waals surface area contributed by atoms with Gasteiger partial charge in [0.1, 0.15) is 0 Å². The molecule has 1 heterocycles. The maximum atomic E-state index is 8.89. The number of nitrogens with one attached hydrogen (secondary N) is 1. The summed E-state index contributed by atoms with van der Waals surface area (Å²) in [5.41, 5.74) is 0. The lowest BCUT2D eigenvalue weighted by atomic mass is 11.0. The summed E-state index contributed by atoms with van der Waals surface area (Å²) < 4.78 is 26.7. The molecule has 12 heavy (non-hydrogen) atoms. The van der Waals surface area contributed by atoms with E-state index in [2.05, 4.69) is 21.2 Å². The number of nitrogens with zero attached hydrogens (tertiary/aromatic N) is 1. The molecule has 0 aliphatic heterocycles. The first-order valence-corrected chi connectivity index (χ1v) is 4.43. The van der Waals surface area contributed by atoms with E-state index >= 15 is 0 Å². The lowest BCUT2D eigenvalue weighted by molar-refractivity contribution is 0.416. The van der Waals surface area contributed by atoms with Crippen LogP contribution in [0.15, 0.2) is 18.7 Å². The molecule has 0 saturated carbocycles. The molecule has 1 aromatic rings. The second-order valence-corrected chi connectivity index (χ2v) is 3.21. The van der Waals surface area contributed by atoms with Gasteiger partial charge in [-0.3, -0.25) is 4.21 Å². The van der Waals surface area contributed by atoms with Gasteiger partial charge >= 0.3 is 0 Å². The van der Waals surface area contributed by atoms with Crippen LogP contribution in [0, 0.1) is 0 Å². The van der Waals surface area contributed by atoms with Gasteiger partial charge in [0.25, 0.3) is 0 Å². The number of hydrogen-bond acceptors (Lipinski definition) is 5. The molecular formula is C3H12N4O3S2. The maximum absolute atomic E-state index is 8.89. The number of rotatable bonds is 0. The number of H-pyrrole nitrogens is 1. The van der Waals surface area contributed by atoms with Crippen molar-refractivity contribution in [1.29, 1.82) is 0 Å². The average molecular weight is 216 g/mol. The molecule has 9 heteroatoms. The van der Waals surface area contributed by atoms with Crippen molar-refractivity contribution in [3.05, 3.63) is 18.7 Å². The quantitative estimate of drug-likeness (QED) is 0.560. The first-order valence-electron chi connectivity index (χ1n) is 2.09. The predicted molar refractivity (Wildman–Crippen MR) is 47.6 cm³/mol. The minimum atomic E-state index is -4.33. The van der Waals surface area contributed by atoms with Crippen molar-refractivity contribution >= 4 is 20.2 Å².